The van der Waals surface area contributed by atoms with Gasteiger partial charge in [0.25, 0.3) is 11.8 Å². The second kappa shape index (κ2) is 11.7. The highest BCUT2D eigenvalue weighted by Gasteiger charge is 2.27. The van der Waals surface area contributed by atoms with Crippen LogP contribution in [0.4, 0.5) is 5.82 Å². The first kappa shape index (κ1) is 27.1. The lowest BCUT2D eigenvalue weighted by Gasteiger charge is -2.38. The number of piperazine rings is 1. The van der Waals surface area contributed by atoms with Gasteiger partial charge in [-0.3, -0.25) is 19.1 Å². The zero-order valence-corrected chi connectivity index (χ0v) is 22.9. The minimum atomic E-state index is -0.231. The monoisotopic (exact) mass is 541 g/mol. The van der Waals surface area contributed by atoms with Crippen LogP contribution in [0.3, 0.4) is 0 Å². The molecule has 0 saturated carbocycles. The maximum Gasteiger partial charge on any atom is 0.274 e. The van der Waals surface area contributed by atoms with Gasteiger partial charge in [0.2, 0.25) is 5.91 Å². The summed E-state index contributed by atoms with van der Waals surface area (Å²) in [5.74, 6) is 1.10. The molecule has 0 atom stereocenters. The van der Waals surface area contributed by atoms with Gasteiger partial charge in [-0.2, -0.15) is 5.10 Å². The predicted octanol–water partition coefficient (Wildman–Crippen LogP) is 2.42. The van der Waals surface area contributed by atoms with E-state index in [9.17, 15) is 14.4 Å². The van der Waals surface area contributed by atoms with E-state index in [2.05, 4.69) is 40.4 Å². The number of aromatic nitrogens is 3. The van der Waals surface area contributed by atoms with Crippen molar-refractivity contribution in [2.45, 2.75) is 26.3 Å². The Balaban J connectivity index is 1.16. The molecule has 10 heteroatoms. The normalized spacial score (nSPS) is 17.5. The van der Waals surface area contributed by atoms with Crippen LogP contribution < -0.4 is 10.2 Å². The van der Waals surface area contributed by atoms with Crippen LogP contribution in [0, 0.1) is 5.92 Å². The molecule has 2 aromatic heterocycles. The van der Waals surface area contributed by atoms with Crippen LogP contribution in [0.1, 0.15) is 35.1 Å². The van der Waals surface area contributed by atoms with Gasteiger partial charge in [-0.15, -0.1) is 0 Å². The average molecular weight is 542 g/mol. The van der Waals surface area contributed by atoms with Gasteiger partial charge >= 0.3 is 0 Å². The number of nitrogens with zero attached hydrogens (tertiary/aromatic N) is 6. The standard InChI is InChI=1S/C30H35N7O3/c1-4-7-22(5-2)30(40)35-14-12-34(13-15-35)28(38)20-37-19-23-16-24(10-11-25(23)33-37)31-29(39)26-8-6-9-27(32-26)36-17-21(3)18-36/h4-9,16,19,21H,1-2,10-15,17-18,20H2,3H3,(H,31,39)/b22-7+. The van der Waals surface area contributed by atoms with E-state index < -0.39 is 0 Å². The van der Waals surface area contributed by atoms with E-state index in [1.807, 2.05) is 24.4 Å². The van der Waals surface area contributed by atoms with Crippen molar-refractivity contribution in [3.8, 4) is 0 Å². The van der Waals surface area contributed by atoms with Crippen molar-refractivity contribution in [2.75, 3.05) is 44.2 Å². The molecule has 40 heavy (non-hydrogen) atoms. The Morgan fingerprint density at radius 2 is 1.82 bits per heavy atom. The molecule has 3 amide bonds. The largest absolute Gasteiger partial charge is 0.356 e. The molecule has 2 aliphatic heterocycles. The molecule has 1 aliphatic carbocycles. The smallest absolute Gasteiger partial charge is 0.274 e. The van der Waals surface area contributed by atoms with Crippen LogP contribution in [0.5, 0.6) is 0 Å². The molecule has 0 bridgehead atoms. The van der Waals surface area contributed by atoms with Gasteiger partial charge in [0.15, 0.2) is 0 Å². The lowest BCUT2D eigenvalue weighted by atomic mass is 10.0. The third kappa shape index (κ3) is 5.90. The second-order valence-electron chi connectivity index (χ2n) is 10.5. The molecule has 10 nitrogen and oxygen atoms in total. The zero-order valence-electron chi connectivity index (χ0n) is 22.9. The lowest BCUT2D eigenvalue weighted by Crippen LogP contribution is -2.51. The van der Waals surface area contributed by atoms with Crippen molar-refractivity contribution in [3.05, 3.63) is 84.0 Å². The van der Waals surface area contributed by atoms with E-state index in [1.54, 1.807) is 32.7 Å². The Bertz CT molecular complexity index is 1390. The first-order valence-corrected chi connectivity index (χ1v) is 13.7. The molecule has 4 heterocycles. The molecular formula is C30H35N7O3. The van der Waals surface area contributed by atoms with Crippen molar-refractivity contribution in [1.82, 2.24) is 29.9 Å². The molecule has 0 radical (unpaired) electrons. The van der Waals surface area contributed by atoms with Gasteiger partial charge in [0.05, 0.1) is 5.69 Å². The maximum atomic E-state index is 13.0. The summed E-state index contributed by atoms with van der Waals surface area (Å²) in [6.45, 7) is 13.4. The fourth-order valence-electron chi connectivity index (χ4n) is 5.24. The van der Waals surface area contributed by atoms with Crippen LogP contribution in [-0.2, 0) is 22.6 Å². The number of carbonyl (C=O) groups excluding carboxylic acids is 3. The molecular weight excluding hydrogens is 506 g/mol. The Hall–Kier alpha value is -4.47. The Kier molecular flexibility index (Phi) is 7.95. The molecule has 0 aromatic carbocycles. The van der Waals surface area contributed by atoms with E-state index in [0.717, 1.165) is 35.9 Å². The molecule has 2 aromatic rings. The van der Waals surface area contributed by atoms with Crippen LogP contribution in [-0.4, -0.2) is 81.6 Å². The number of rotatable bonds is 8. The minimum Gasteiger partial charge on any atom is -0.356 e. The highest BCUT2D eigenvalue weighted by molar-refractivity contribution is 5.96. The number of hydrogen-bond acceptors (Lipinski definition) is 6. The Morgan fingerprint density at radius 3 is 2.52 bits per heavy atom. The third-order valence-corrected chi connectivity index (χ3v) is 7.44. The van der Waals surface area contributed by atoms with Gasteiger partial charge in [-0.05, 0) is 37.0 Å². The third-order valence-electron chi connectivity index (χ3n) is 7.44. The molecule has 5 rings (SSSR count). The number of aryl methyl sites for hydroxylation is 1. The first-order valence-electron chi connectivity index (χ1n) is 13.7. The van der Waals surface area contributed by atoms with Gasteiger partial charge in [-0.25, -0.2) is 4.98 Å². The van der Waals surface area contributed by atoms with Crippen molar-refractivity contribution < 1.29 is 14.4 Å². The highest BCUT2D eigenvalue weighted by atomic mass is 16.2. The van der Waals surface area contributed by atoms with E-state index in [0.29, 0.717) is 56.2 Å². The molecule has 2 fully saturated rings. The number of hydrogen-bond donors (Lipinski definition) is 1. The number of amides is 3. The van der Waals surface area contributed by atoms with Crippen LogP contribution >= 0.6 is 0 Å². The van der Waals surface area contributed by atoms with Crippen LogP contribution in [0.2, 0.25) is 0 Å². The van der Waals surface area contributed by atoms with Crippen LogP contribution in [0.15, 0.2) is 67.1 Å². The number of carbonyl (C=O) groups is 3. The van der Waals surface area contributed by atoms with E-state index in [1.165, 1.54) is 6.08 Å². The van der Waals surface area contributed by atoms with E-state index >= 15 is 0 Å². The molecule has 0 spiro atoms. The minimum absolute atomic E-state index is 0.0439. The summed E-state index contributed by atoms with van der Waals surface area (Å²) in [4.78, 5) is 48.7. The number of fused-ring (bicyclic) bond motifs is 1. The van der Waals surface area contributed by atoms with Crippen molar-refractivity contribution >= 4 is 29.6 Å². The van der Waals surface area contributed by atoms with E-state index in [-0.39, 0.29) is 24.3 Å². The zero-order chi connectivity index (χ0) is 28.2. The summed E-state index contributed by atoms with van der Waals surface area (Å²) >= 11 is 0. The summed E-state index contributed by atoms with van der Waals surface area (Å²) in [5.41, 5.74) is 3.49. The SMILES string of the molecule is C=C/C=C(\C=C)C(=O)N1CCN(C(=O)Cn2cc3c(n2)CCC(NC(=O)c2cccc(N4CC(C)C4)n2)=C3)CC1. The van der Waals surface area contributed by atoms with Gasteiger partial charge in [-0.1, -0.05) is 44.4 Å². The lowest BCUT2D eigenvalue weighted by molar-refractivity contribution is -0.138. The summed E-state index contributed by atoms with van der Waals surface area (Å²) in [6, 6.07) is 5.53. The Morgan fingerprint density at radius 1 is 1.07 bits per heavy atom. The summed E-state index contributed by atoms with van der Waals surface area (Å²) in [7, 11) is 0. The van der Waals surface area contributed by atoms with Crippen LogP contribution in [0.25, 0.3) is 6.08 Å². The number of anilines is 1. The summed E-state index contributed by atoms with van der Waals surface area (Å²) in [5, 5.41) is 7.61. The van der Waals surface area contributed by atoms with Gasteiger partial charge in [0, 0.05) is 62.3 Å². The van der Waals surface area contributed by atoms with E-state index in [4.69, 9.17) is 0 Å². The predicted molar refractivity (Wildman–Crippen MR) is 153 cm³/mol. The quantitative estimate of drug-likeness (QED) is 0.407. The van der Waals surface area contributed by atoms with Crippen molar-refractivity contribution in [3.63, 3.8) is 0 Å². The average Bonchev–Trinajstić information content (AvgIpc) is 3.35. The van der Waals surface area contributed by atoms with Crippen molar-refractivity contribution in [1.29, 1.82) is 0 Å². The number of allylic oxidation sites excluding steroid dienone is 3. The summed E-state index contributed by atoms with van der Waals surface area (Å²) < 4.78 is 1.66. The molecule has 2 saturated heterocycles. The van der Waals surface area contributed by atoms with Gasteiger partial charge in [0.1, 0.15) is 18.1 Å². The Labute approximate surface area is 234 Å². The fraction of sp³-hybridized carbons (Fsp3) is 0.367. The molecule has 0 unspecified atom stereocenters. The highest BCUT2D eigenvalue weighted by Crippen LogP contribution is 2.24. The topological polar surface area (TPSA) is 104 Å². The molecule has 3 aliphatic rings. The molecule has 208 valence electrons. The first-order chi connectivity index (χ1) is 19.3. The fourth-order valence-corrected chi connectivity index (χ4v) is 5.24. The second-order valence-corrected chi connectivity index (χ2v) is 10.5. The summed E-state index contributed by atoms with van der Waals surface area (Å²) in [6.07, 6.45) is 9.82. The molecule has 1 N–H and O–H groups in total. The number of pyridine rings is 1. The van der Waals surface area contributed by atoms with Gasteiger partial charge < -0.3 is 20.0 Å². The number of nitrogens with one attached hydrogen (secondary N) is 1. The maximum absolute atomic E-state index is 13.0. The van der Waals surface area contributed by atoms with Crippen molar-refractivity contribution in [2.24, 2.45) is 5.92 Å².